The SMILES string of the molecule is CC(C)(C)[C@H](N)C(=O)NCC1(c2ccc3c(c2)OCO3)CCOCC1.Cl. The number of halogens is 1. The molecule has 1 saturated heterocycles. The van der Waals surface area contributed by atoms with Crippen LogP contribution in [0.15, 0.2) is 18.2 Å². The highest BCUT2D eigenvalue weighted by Gasteiger charge is 2.37. The molecule has 2 heterocycles. The van der Waals surface area contributed by atoms with Crippen molar-refractivity contribution in [2.45, 2.75) is 45.1 Å². The van der Waals surface area contributed by atoms with Gasteiger partial charge in [0.15, 0.2) is 11.5 Å². The number of nitrogens with two attached hydrogens (primary N) is 1. The predicted octanol–water partition coefficient (Wildman–Crippen LogP) is 2.37. The summed E-state index contributed by atoms with van der Waals surface area (Å²) in [6, 6.07) is 5.50. The zero-order valence-corrected chi connectivity index (χ0v) is 16.5. The summed E-state index contributed by atoms with van der Waals surface area (Å²) in [6.45, 7) is 8.06. The molecule has 0 unspecified atom stereocenters. The molecule has 3 rings (SSSR count). The van der Waals surface area contributed by atoms with E-state index < -0.39 is 6.04 Å². The maximum absolute atomic E-state index is 12.5. The lowest BCUT2D eigenvalue weighted by molar-refractivity contribution is -0.125. The quantitative estimate of drug-likeness (QED) is 0.832. The molecule has 26 heavy (non-hydrogen) atoms. The van der Waals surface area contributed by atoms with Gasteiger partial charge in [0, 0.05) is 25.2 Å². The van der Waals surface area contributed by atoms with E-state index in [9.17, 15) is 4.79 Å². The van der Waals surface area contributed by atoms with Crippen molar-refractivity contribution in [1.82, 2.24) is 5.32 Å². The first-order chi connectivity index (χ1) is 11.8. The van der Waals surface area contributed by atoms with Gasteiger partial charge >= 0.3 is 0 Å². The molecule has 2 aliphatic heterocycles. The van der Waals surface area contributed by atoms with Gasteiger partial charge in [0.2, 0.25) is 12.7 Å². The lowest BCUT2D eigenvalue weighted by Gasteiger charge is -2.38. The predicted molar refractivity (Wildman–Crippen MR) is 102 cm³/mol. The number of carbonyl (C=O) groups excluding carboxylic acids is 1. The average Bonchev–Trinajstić information content (AvgIpc) is 3.06. The van der Waals surface area contributed by atoms with Crippen molar-refractivity contribution >= 4 is 18.3 Å². The number of benzene rings is 1. The van der Waals surface area contributed by atoms with Crippen molar-refractivity contribution in [3.63, 3.8) is 0 Å². The third-order valence-corrected chi connectivity index (χ3v) is 5.25. The number of hydrogen-bond donors (Lipinski definition) is 2. The van der Waals surface area contributed by atoms with Gasteiger partial charge in [0.05, 0.1) is 6.04 Å². The minimum Gasteiger partial charge on any atom is -0.454 e. The zero-order valence-electron chi connectivity index (χ0n) is 15.7. The fraction of sp³-hybridized carbons (Fsp3) is 0.632. The van der Waals surface area contributed by atoms with Crippen molar-refractivity contribution in [3.8, 4) is 11.5 Å². The van der Waals surface area contributed by atoms with E-state index in [1.807, 2.05) is 32.9 Å². The summed E-state index contributed by atoms with van der Waals surface area (Å²) in [5.74, 6) is 1.42. The van der Waals surface area contributed by atoms with E-state index in [0.717, 1.165) is 29.9 Å². The standard InChI is InChI=1S/C19H28N2O4.ClH/c1-18(2,3)16(20)17(22)21-11-19(6-8-23-9-7-19)13-4-5-14-15(10-13)25-12-24-14;/h4-5,10,16H,6-9,11-12,20H2,1-3H3,(H,21,22);1H/t16-;/m1./s1. The van der Waals surface area contributed by atoms with Gasteiger partial charge in [-0.3, -0.25) is 4.79 Å². The fourth-order valence-corrected chi connectivity index (χ4v) is 3.32. The normalized spacial score (nSPS) is 19.4. The van der Waals surface area contributed by atoms with Crippen LogP contribution in [-0.4, -0.2) is 38.5 Å². The van der Waals surface area contributed by atoms with Crippen LogP contribution in [0.2, 0.25) is 0 Å². The van der Waals surface area contributed by atoms with Gasteiger partial charge in [-0.15, -0.1) is 12.4 Å². The van der Waals surface area contributed by atoms with E-state index in [4.69, 9.17) is 19.9 Å². The summed E-state index contributed by atoms with van der Waals surface area (Å²) in [4.78, 5) is 12.5. The van der Waals surface area contributed by atoms with Crippen LogP contribution in [-0.2, 0) is 14.9 Å². The van der Waals surface area contributed by atoms with Crippen LogP contribution in [0.1, 0.15) is 39.2 Å². The van der Waals surface area contributed by atoms with E-state index in [1.54, 1.807) is 0 Å². The molecule has 2 aliphatic rings. The van der Waals surface area contributed by atoms with Crippen LogP contribution in [0.4, 0.5) is 0 Å². The molecule has 1 aromatic carbocycles. The number of carbonyl (C=O) groups is 1. The van der Waals surface area contributed by atoms with Crippen LogP contribution in [0.5, 0.6) is 11.5 Å². The van der Waals surface area contributed by atoms with Crippen molar-refractivity contribution < 1.29 is 19.0 Å². The second-order valence-corrected chi connectivity index (χ2v) is 8.02. The highest BCUT2D eigenvalue weighted by Crippen LogP contribution is 2.40. The number of fused-ring (bicyclic) bond motifs is 1. The first-order valence-corrected chi connectivity index (χ1v) is 8.83. The Hall–Kier alpha value is -1.50. The Morgan fingerprint density at radius 3 is 2.54 bits per heavy atom. The third-order valence-electron chi connectivity index (χ3n) is 5.25. The molecule has 0 aliphatic carbocycles. The van der Waals surface area contributed by atoms with Crippen molar-refractivity contribution in [2.75, 3.05) is 26.6 Å². The third kappa shape index (κ3) is 4.24. The van der Waals surface area contributed by atoms with Crippen molar-refractivity contribution in [3.05, 3.63) is 23.8 Å². The molecule has 0 bridgehead atoms. The second kappa shape index (κ2) is 8.03. The van der Waals surface area contributed by atoms with Crippen LogP contribution < -0.4 is 20.5 Å². The molecule has 1 fully saturated rings. The summed E-state index contributed by atoms with van der Waals surface area (Å²) < 4.78 is 16.5. The van der Waals surface area contributed by atoms with Crippen LogP contribution in [0.3, 0.4) is 0 Å². The Morgan fingerprint density at radius 2 is 1.88 bits per heavy atom. The number of ether oxygens (including phenoxy) is 3. The Bertz CT molecular complexity index is 639. The van der Waals surface area contributed by atoms with E-state index in [0.29, 0.717) is 19.8 Å². The van der Waals surface area contributed by atoms with Gasteiger partial charge in [0.25, 0.3) is 0 Å². The lowest BCUT2D eigenvalue weighted by Crippen LogP contribution is -2.52. The maximum atomic E-state index is 12.5. The number of hydrogen-bond acceptors (Lipinski definition) is 5. The molecular weight excluding hydrogens is 356 g/mol. The van der Waals surface area contributed by atoms with Crippen molar-refractivity contribution in [1.29, 1.82) is 0 Å². The van der Waals surface area contributed by atoms with Gasteiger partial charge in [0.1, 0.15) is 0 Å². The first-order valence-electron chi connectivity index (χ1n) is 8.83. The zero-order chi connectivity index (χ0) is 18.1. The molecule has 1 amide bonds. The smallest absolute Gasteiger partial charge is 0.237 e. The molecule has 146 valence electrons. The Labute approximate surface area is 161 Å². The fourth-order valence-electron chi connectivity index (χ4n) is 3.32. The average molecular weight is 385 g/mol. The maximum Gasteiger partial charge on any atom is 0.237 e. The minimum absolute atomic E-state index is 0. The molecule has 0 saturated carbocycles. The molecule has 3 N–H and O–H groups in total. The Balaban J connectivity index is 0.00000243. The van der Waals surface area contributed by atoms with Crippen LogP contribution >= 0.6 is 12.4 Å². The molecule has 0 spiro atoms. The summed E-state index contributed by atoms with van der Waals surface area (Å²) in [7, 11) is 0. The van der Waals surface area contributed by atoms with E-state index >= 15 is 0 Å². The summed E-state index contributed by atoms with van der Waals surface area (Å²) in [5.41, 5.74) is 6.79. The topological polar surface area (TPSA) is 82.8 Å². The Kier molecular flexibility index (Phi) is 6.42. The van der Waals surface area contributed by atoms with E-state index in [-0.39, 0.29) is 35.9 Å². The summed E-state index contributed by atoms with van der Waals surface area (Å²) in [5, 5.41) is 3.07. The van der Waals surface area contributed by atoms with Crippen LogP contribution in [0, 0.1) is 5.41 Å². The van der Waals surface area contributed by atoms with Crippen molar-refractivity contribution in [2.24, 2.45) is 11.1 Å². The number of rotatable bonds is 4. The van der Waals surface area contributed by atoms with Gasteiger partial charge in [-0.05, 0) is 36.0 Å². The second-order valence-electron chi connectivity index (χ2n) is 8.02. The lowest BCUT2D eigenvalue weighted by atomic mass is 9.73. The first kappa shape index (κ1) is 20.8. The van der Waals surface area contributed by atoms with Gasteiger partial charge < -0.3 is 25.3 Å². The highest BCUT2D eigenvalue weighted by molar-refractivity contribution is 5.85. The molecule has 1 aromatic rings. The summed E-state index contributed by atoms with van der Waals surface area (Å²) in [6.07, 6.45) is 1.69. The molecule has 0 radical (unpaired) electrons. The van der Waals surface area contributed by atoms with E-state index in [1.165, 1.54) is 0 Å². The summed E-state index contributed by atoms with van der Waals surface area (Å²) >= 11 is 0. The van der Waals surface area contributed by atoms with E-state index in [2.05, 4.69) is 11.4 Å². The monoisotopic (exact) mass is 384 g/mol. The Morgan fingerprint density at radius 1 is 1.23 bits per heavy atom. The van der Waals surface area contributed by atoms with Gasteiger partial charge in [-0.2, -0.15) is 0 Å². The molecule has 6 nitrogen and oxygen atoms in total. The molecule has 0 aromatic heterocycles. The highest BCUT2D eigenvalue weighted by atomic mass is 35.5. The molecule has 7 heteroatoms. The minimum atomic E-state index is -0.541. The molecule has 1 atom stereocenters. The number of amides is 1. The van der Waals surface area contributed by atoms with Gasteiger partial charge in [-0.1, -0.05) is 26.8 Å². The number of nitrogens with one attached hydrogen (secondary N) is 1. The largest absolute Gasteiger partial charge is 0.454 e. The molecular formula is C19H29ClN2O4. The van der Waals surface area contributed by atoms with Gasteiger partial charge in [-0.25, -0.2) is 0 Å². The van der Waals surface area contributed by atoms with Crippen LogP contribution in [0.25, 0.3) is 0 Å².